The number of unbranched alkanes of at least 4 members (excludes halogenated alkanes) is 3. The zero-order valence-corrected chi connectivity index (χ0v) is 29.7. The number of aliphatic hydroxyl groups excluding tert-OH is 1. The lowest BCUT2D eigenvalue weighted by Gasteiger charge is -2.38. The molecule has 3 amide bonds. The third-order valence-electron chi connectivity index (χ3n) is 10.6. The van der Waals surface area contributed by atoms with Gasteiger partial charge in [0.1, 0.15) is 6.04 Å². The van der Waals surface area contributed by atoms with Crippen LogP contribution in [-0.2, 0) is 14.4 Å². The van der Waals surface area contributed by atoms with E-state index in [-0.39, 0.29) is 24.3 Å². The Bertz CT molecular complexity index is 1460. The first-order valence-electron chi connectivity index (χ1n) is 17.6. The largest absolute Gasteiger partial charge is 0.396 e. The molecule has 5 atom stereocenters. The molecule has 1 spiro atoms. The molecule has 3 fully saturated rings. The van der Waals surface area contributed by atoms with E-state index in [1.165, 1.54) is 0 Å². The SMILES string of the molecule is C=CCN(C(=O)C1N(CCCCCCO)C(=O)[C@@H]2[C@H](C(=O)N(CC=C)c3ccccc3)[C@]3(C)CCC12S3)c1ccc(N(CC)CC)cc1. The monoisotopic (exact) mass is 672 g/mol. The molecule has 0 aromatic heterocycles. The number of para-hydroxylation sites is 1. The van der Waals surface area contributed by atoms with Gasteiger partial charge < -0.3 is 24.7 Å². The summed E-state index contributed by atoms with van der Waals surface area (Å²) in [6, 6.07) is 16.9. The highest BCUT2D eigenvalue weighted by Gasteiger charge is 2.77. The van der Waals surface area contributed by atoms with E-state index in [0.717, 1.165) is 55.8 Å². The van der Waals surface area contributed by atoms with Gasteiger partial charge in [0.2, 0.25) is 11.8 Å². The number of hydrogen-bond acceptors (Lipinski definition) is 6. The minimum absolute atomic E-state index is 0.0815. The Morgan fingerprint density at radius 3 is 2.06 bits per heavy atom. The summed E-state index contributed by atoms with van der Waals surface area (Å²) in [4.78, 5) is 52.1. The van der Waals surface area contributed by atoms with Crippen molar-refractivity contribution in [3.05, 3.63) is 79.9 Å². The zero-order chi connectivity index (χ0) is 34.5. The standard InChI is InChI=1S/C39H52N4O4S/c1-6-25-41(30-17-13-12-14-18-30)35(45)32-33-36(46)43(27-15-10-11-16-28-44)34(39(33)24-23-38(32,5)48-39)37(47)42(26-7-2)31-21-19-29(20-22-31)40(8-3)9-4/h6-7,12-14,17-22,32-34,44H,1-2,8-11,15-16,23-28H2,3-5H3/t32-,33+,34?,38+,39?/m1/s1. The molecule has 258 valence electrons. The summed E-state index contributed by atoms with van der Waals surface area (Å²) in [6.45, 7) is 17.3. The minimum Gasteiger partial charge on any atom is -0.396 e. The third kappa shape index (κ3) is 6.43. The number of hydrogen-bond donors (Lipinski definition) is 1. The smallest absolute Gasteiger partial charge is 0.251 e. The van der Waals surface area contributed by atoms with Crippen molar-refractivity contribution in [2.45, 2.75) is 74.8 Å². The molecule has 3 heterocycles. The molecule has 0 aliphatic carbocycles. The van der Waals surface area contributed by atoms with Crippen LogP contribution in [0.5, 0.6) is 0 Å². The van der Waals surface area contributed by atoms with Crippen molar-refractivity contribution >= 4 is 46.5 Å². The Morgan fingerprint density at radius 1 is 0.875 bits per heavy atom. The number of fused-ring (bicyclic) bond motifs is 1. The van der Waals surface area contributed by atoms with E-state index in [9.17, 15) is 14.7 Å². The van der Waals surface area contributed by atoms with Crippen LogP contribution < -0.4 is 14.7 Å². The molecule has 3 aliphatic heterocycles. The zero-order valence-electron chi connectivity index (χ0n) is 28.9. The van der Waals surface area contributed by atoms with Gasteiger partial charge in [0.05, 0.1) is 16.6 Å². The van der Waals surface area contributed by atoms with Crippen molar-refractivity contribution in [3.63, 3.8) is 0 Å². The van der Waals surface area contributed by atoms with E-state index < -0.39 is 27.4 Å². The van der Waals surface area contributed by atoms with Crippen LogP contribution in [0.25, 0.3) is 0 Å². The average molecular weight is 673 g/mol. The summed E-state index contributed by atoms with van der Waals surface area (Å²) in [5, 5.41) is 9.31. The molecule has 2 aromatic carbocycles. The van der Waals surface area contributed by atoms with Crippen molar-refractivity contribution in [1.82, 2.24) is 4.90 Å². The van der Waals surface area contributed by atoms with Gasteiger partial charge in [0, 0.05) is 61.1 Å². The Hall–Kier alpha value is -3.56. The maximum atomic E-state index is 15.0. The van der Waals surface area contributed by atoms with Crippen LogP contribution in [0, 0.1) is 11.8 Å². The molecule has 2 bridgehead atoms. The second-order valence-corrected chi connectivity index (χ2v) is 15.3. The Morgan fingerprint density at radius 2 is 1.46 bits per heavy atom. The molecule has 0 saturated carbocycles. The number of carbonyl (C=O) groups excluding carboxylic acids is 3. The number of anilines is 3. The number of rotatable bonds is 17. The molecule has 1 N–H and O–H groups in total. The van der Waals surface area contributed by atoms with Crippen molar-refractivity contribution < 1.29 is 19.5 Å². The Balaban J connectivity index is 1.54. The summed E-state index contributed by atoms with van der Waals surface area (Å²) in [7, 11) is 0. The molecule has 0 radical (unpaired) electrons. The summed E-state index contributed by atoms with van der Waals surface area (Å²) in [5.41, 5.74) is 2.64. The molecule has 9 heteroatoms. The van der Waals surface area contributed by atoms with E-state index >= 15 is 4.79 Å². The molecule has 2 aromatic rings. The summed E-state index contributed by atoms with van der Waals surface area (Å²) < 4.78 is -1.20. The fourth-order valence-corrected chi connectivity index (χ4v) is 10.7. The van der Waals surface area contributed by atoms with Crippen LogP contribution in [0.15, 0.2) is 79.9 Å². The first-order valence-corrected chi connectivity index (χ1v) is 18.4. The van der Waals surface area contributed by atoms with Gasteiger partial charge in [-0.2, -0.15) is 0 Å². The van der Waals surface area contributed by atoms with Crippen LogP contribution in [0.1, 0.15) is 59.3 Å². The second-order valence-electron chi connectivity index (χ2n) is 13.4. The fraction of sp³-hybridized carbons (Fsp3) is 0.513. The molecule has 8 nitrogen and oxygen atoms in total. The van der Waals surface area contributed by atoms with E-state index in [2.05, 4.69) is 51.0 Å². The van der Waals surface area contributed by atoms with Crippen molar-refractivity contribution in [1.29, 1.82) is 0 Å². The van der Waals surface area contributed by atoms with Gasteiger partial charge >= 0.3 is 0 Å². The Labute approximate surface area is 290 Å². The van der Waals surface area contributed by atoms with Crippen LogP contribution in [0.2, 0.25) is 0 Å². The van der Waals surface area contributed by atoms with Crippen LogP contribution in [0.3, 0.4) is 0 Å². The second kappa shape index (κ2) is 15.3. The molecule has 3 saturated heterocycles. The third-order valence-corrected chi connectivity index (χ3v) is 12.6. The van der Waals surface area contributed by atoms with Gasteiger partial charge in [0.15, 0.2) is 0 Å². The predicted octanol–water partition coefficient (Wildman–Crippen LogP) is 6.31. The van der Waals surface area contributed by atoms with Gasteiger partial charge in [-0.15, -0.1) is 24.9 Å². The van der Waals surface area contributed by atoms with Crippen LogP contribution in [-0.4, -0.2) is 82.6 Å². The van der Waals surface area contributed by atoms with Crippen LogP contribution in [0.4, 0.5) is 17.1 Å². The summed E-state index contributed by atoms with van der Waals surface area (Å²) in [6.07, 6.45) is 8.05. The number of amides is 3. The van der Waals surface area contributed by atoms with Crippen LogP contribution >= 0.6 is 11.8 Å². The average Bonchev–Trinajstić information content (AvgIpc) is 3.67. The molecular formula is C39H52N4O4S. The van der Waals surface area contributed by atoms with Gasteiger partial charge in [-0.05, 0) is 82.9 Å². The summed E-state index contributed by atoms with van der Waals surface area (Å²) in [5.74, 6) is -1.46. The molecule has 2 unspecified atom stereocenters. The topological polar surface area (TPSA) is 84.4 Å². The number of likely N-dealkylation sites (tertiary alicyclic amines) is 1. The highest BCUT2D eigenvalue weighted by atomic mass is 32.2. The summed E-state index contributed by atoms with van der Waals surface area (Å²) >= 11 is 1.70. The Kier molecular flexibility index (Phi) is 11.4. The maximum absolute atomic E-state index is 15.0. The molecular weight excluding hydrogens is 621 g/mol. The van der Waals surface area contributed by atoms with E-state index in [1.54, 1.807) is 33.7 Å². The van der Waals surface area contributed by atoms with E-state index in [4.69, 9.17) is 0 Å². The maximum Gasteiger partial charge on any atom is 0.251 e. The van der Waals surface area contributed by atoms with Gasteiger partial charge in [-0.1, -0.05) is 43.2 Å². The van der Waals surface area contributed by atoms with Gasteiger partial charge in [-0.3, -0.25) is 14.4 Å². The lowest BCUT2D eigenvalue weighted by atomic mass is 9.66. The predicted molar refractivity (Wildman–Crippen MR) is 198 cm³/mol. The number of carbonyl (C=O) groups is 3. The van der Waals surface area contributed by atoms with E-state index in [0.29, 0.717) is 32.5 Å². The highest BCUT2D eigenvalue weighted by molar-refractivity contribution is 8.02. The molecule has 48 heavy (non-hydrogen) atoms. The van der Waals surface area contributed by atoms with Gasteiger partial charge in [-0.25, -0.2) is 0 Å². The van der Waals surface area contributed by atoms with Crippen molar-refractivity contribution in [3.8, 4) is 0 Å². The quantitative estimate of drug-likeness (QED) is 0.157. The first-order chi connectivity index (χ1) is 23.2. The molecule has 5 rings (SSSR count). The minimum atomic E-state index is -0.717. The first kappa shape index (κ1) is 35.7. The van der Waals surface area contributed by atoms with Crippen molar-refractivity contribution in [2.24, 2.45) is 11.8 Å². The van der Waals surface area contributed by atoms with Gasteiger partial charge in [0.25, 0.3) is 5.91 Å². The highest BCUT2D eigenvalue weighted by Crippen LogP contribution is 2.71. The number of nitrogens with zero attached hydrogens (tertiary/aromatic N) is 4. The normalized spacial score (nSPS) is 25.5. The fourth-order valence-electron chi connectivity index (χ4n) is 8.33. The number of thioether (sulfide) groups is 1. The molecule has 3 aliphatic rings. The lowest BCUT2D eigenvalue weighted by Crippen LogP contribution is -2.55. The lowest BCUT2D eigenvalue weighted by molar-refractivity contribution is -0.139. The van der Waals surface area contributed by atoms with Crippen molar-refractivity contribution in [2.75, 3.05) is 54.0 Å². The number of benzene rings is 2. The van der Waals surface area contributed by atoms with E-state index in [1.807, 2.05) is 47.4 Å². The number of aliphatic hydroxyl groups is 1.